The Morgan fingerprint density at radius 3 is 2.79 bits per heavy atom. The van der Waals surface area contributed by atoms with Gasteiger partial charge in [0.2, 0.25) is 0 Å². The first-order valence-corrected chi connectivity index (χ1v) is 5.15. The van der Waals surface area contributed by atoms with Crippen molar-refractivity contribution in [2.45, 2.75) is 20.4 Å². The van der Waals surface area contributed by atoms with Gasteiger partial charge in [-0.2, -0.15) is 0 Å². The summed E-state index contributed by atoms with van der Waals surface area (Å²) < 4.78 is 0. The van der Waals surface area contributed by atoms with Crippen molar-refractivity contribution in [3.8, 4) is 0 Å². The number of nitrogens with one attached hydrogen (secondary N) is 1. The van der Waals surface area contributed by atoms with Crippen molar-refractivity contribution in [3.05, 3.63) is 23.9 Å². The van der Waals surface area contributed by atoms with Gasteiger partial charge in [-0.25, -0.2) is 4.98 Å². The van der Waals surface area contributed by atoms with Gasteiger partial charge in [0.1, 0.15) is 5.82 Å². The van der Waals surface area contributed by atoms with Crippen molar-refractivity contribution in [2.75, 3.05) is 25.0 Å². The van der Waals surface area contributed by atoms with Crippen LogP contribution in [0, 0.1) is 0 Å². The Balaban J connectivity index is 2.68. The molecule has 78 valence electrons. The van der Waals surface area contributed by atoms with Gasteiger partial charge in [0, 0.05) is 20.1 Å². The van der Waals surface area contributed by atoms with E-state index in [1.165, 1.54) is 0 Å². The summed E-state index contributed by atoms with van der Waals surface area (Å²) in [5.41, 5.74) is 1.10. The summed E-state index contributed by atoms with van der Waals surface area (Å²) in [7, 11) is 2.05. The van der Waals surface area contributed by atoms with Gasteiger partial charge >= 0.3 is 0 Å². The highest BCUT2D eigenvalue weighted by Gasteiger charge is 2.00. The molecule has 0 aliphatic rings. The van der Waals surface area contributed by atoms with Crippen LogP contribution in [0.25, 0.3) is 0 Å². The van der Waals surface area contributed by atoms with Crippen molar-refractivity contribution < 1.29 is 0 Å². The highest BCUT2D eigenvalue weighted by atomic mass is 15.2. The molecule has 0 bridgehead atoms. The van der Waals surface area contributed by atoms with Crippen LogP contribution in [0.1, 0.15) is 19.5 Å². The van der Waals surface area contributed by atoms with E-state index in [-0.39, 0.29) is 0 Å². The molecule has 0 atom stereocenters. The Morgan fingerprint density at radius 2 is 2.14 bits per heavy atom. The fourth-order valence-electron chi connectivity index (χ4n) is 1.19. The second-order valence-electron chi connectivity index (χ2n) is 3.28. The van der Waals surface area contributed by atoms with Gasteiger partial charge in [0.05, 0.1) is 5.69 Å². The zero-order valence-corrected chi connectivity index (χ0v) is 9.25. The highest BCUT2D eigenvalue weighted by molar-refractivity contribution is 5.37. The maximum absolute atomic E-state index is 4.54. The van der Waals surface area contributed by atoms with Gasteiger partial charge in [0.15, 0.2) is 0 Å². The molecule has 0 aliphatic carbocycles. The van der Waals surface area contributed by atoms with Gasteiger partial charge in [-0.1, -0.05) is 13.0 Å². The molecule has 0 saturated heterocycles. The lowest BCUT2D eigenvalue weighted by Crippen LogP contribution is -2.19. The van der Waals surface area contributed by atoms with E-state index < -0.39 is 0 Å². The summed E-state index contributed by atoms with van der Waals surface area (Å²) in [6.07, 6.45) is 0. The van der Waals surface area contributed by atoms with Crippen LogP contribution in [-0.2, 0) is 6.54 Å². The predicted molar refractivity (Wildman–Crippen MR) is 60.6 cm³/mol. The molecular weight excluding hydrogens is 174 g/mol. The normalized spacial score (nSPS) is 10.2. The first-order chi connectivity index (χ1) is 6.77. The Hall–Kier alpha value is -1.09. The molecule has 0 unspecified atom stereocenters. The predicted octanol–water partition coefficient (Wildman–Crippen LogP) is 1.65. The number of nitrogens with zero attached hydrogens (tertiary/aromatic N) is 2. The van der Waals surface area contributed by atoms with Gasteiger partial charge in [-0.15, -0.1) is 0 Å². The Kier molecular flexibility index (Phi) is 4.40. The van der Waals surface area contributed by atoms with Gasteiger partial charge in [-0.05, 0) is 25.6 Å². The number of aromatic nitrogens is 1. The summed E-state index contributed by atoms with van der Waals surface area (Å²) in [6, 6.07) is 6.15. The molecule has 0 fully saturated rings. The molecule has 14 heavy (non-hydrogen) atoms. The molecule has 3 nitrogen and oxygen atoms in total. The Bertz CT molecular complexity index is 273. The summed E-state index contributed by atoms with van der Waals surface area (Å²) in [5.74, 6) is 1.04. The van der Waals surface area contributed by atoms with Crippen LogP contribution in [-0.4, -0.2) is 25.1 Å². The largest absolute Gasteiger partial charge is 0.360 e. The molecule has 0 saturated carbocycles. The minimum atomic E-state index is 0.849. The second kappa shape index (κ2) is 5.60. The molecule has 1 aromatic heterocycles. The van der Waals surface area contributed by atoms with E-state index in [1.54, 1.807) is 0 Å². The summed E-state index contributed by atoms with van der Waals surface area (Å²) in [6.45, 7) is 7.04. The van der Waals surface area contributed by atoms with Crippen molar-refractivity contribution in [1.29, 1.82) is 0 Å². The lowest BCUT2D eigenvalue weighted by atomic mass is 10.3. The molecule has 1 heterocycles. The molecule has 1 aromatic rings. The van der Waals surface area contributed by atoms with Crippen molar-refractivity contribution >= 4 is 5.82 Å². The smallest absolute Gasteiger partial charge is 0.128 e. The molecule has 0 amide bonds. The maximum atomic E-state index is 4.54. The topological polar surface area (TPSA) is 28.2 Å². The van der Waals surface area contributed by atoms with Crippen LogP contribution >= 0.6 is 0 Å². The third kappa shape index (κ3) is 3.00. The van der Waals surface area contributed by atoms with E-state index in [0.29, 0.717) is 0 Å². The SMILES string of the molecule is CCNCc1cccc(N(C)CC)n1. The van der Waals surface area contributed by atoms with Gasteiger partial charge in [-0.3, -0.25) is 0 Å². The lowest BCUT2D eigenvalue weighted by molar-refractivity contribution is 0.709. The molecule has 1 N–H and O–H groups in total. The Labute approximate surface area is 86.2 Å². The maximum Gasteiger partial charge on any atom is 0.128 e. The van der Waals surface area contributed by atoms with Crippen molar-refractivity contribution in [1.82, 2.24) is 10.3 Å². The average Bonchev–Trinajstić information content (AvgIpc) is 2.25. The number of anilines is 1. The summed E-state index contributed by atoms with van der Waals surface area (Å²) in [4.78, 5) is 6.68. The minimum Gasteiger partial charge on any atom is -0.360 e. The molecule has 1 rings (SSSR count). The fraction of sp³-hybridized carbons (Fsp3) is 0.545. The molecule has 0 radical (unpaired) electrons. The zero-order valence-electron chi connectivity index (χ0n) is 9.25. The van der Waals surface area contributed by atoms with Crippen LogP contribution in [0.15, 0.2) is 18.2 Å². The highest BCUT2D eigenvalue weighted by Crippen LogP contribution is 2.08. The van der Waals surface area contributed by atoms with Crippen LogP contribution in [0.5, 0.6) is 0 Å². The average molecular weight is 193 g/mol. The molecule has 0 aliphatic heterocycles. The lowest BCUT2D eigenvalue weighted by Gasteiger charge is -2.16. The summed E-state index contributed by atoms with van der Waals surface area (Å²) >= 11 is 0. The standard InChI is InChI=1S/C11H19N3/c1-4-12-9-10-7-6-8-11(13-10)14(3)5-2/h6-8,12H,4-5,9H2,1-3H3. The quantitative estimate of drug-likeness (QED) is 0.770. The van der Waals surface area contributed by atoms with Gasteiger partial charge in [0.25, 0.3) is 0 Å². The number of rotatable bonds is 5. The second-order valence-corrected chi connectivity index (χ2v) is 3.28. The van der Waals surface area contributed by atoms with E-state index in [1.807, 2.05) is 6.07 Å². The minimum absolute atomic E-state index is 0.849. The van der Waals surface area contributed by atoms with E-state index in [9.17, 15) is 0 Å². The van der Waals surface area contributed by atoms with E-state index in [4.69, 9.17) is 0 Å². The Morgan fingerprint density at radius 1 is 1.36 bits per heavy atom. The van der Waals surface area contributed by atoms with Crippen LogP contribution < -0.4 is 10.2 Å². The monoisotopic (exact) mass is 193 g/mol. The number of pyridine rings is 1. The fourth-order valence-corrected chi connectivity index (χ4v) is 1.19. The van der Waals surface area contributed by atoms with E-state index >= 15 is 0 Å². The van der Waals surface area contributed by atoms with Crippen LogP contribution in [0.3, 0.4) is 0 Å². The van der Waals surface area contributed by atoms with Crippen molar-refractivity contribution in [2.24, 2.45) is 0 Å². The van der Waals surface area contributed by atoms with Crippen molar-refractivity contribution in [3.63, 3.8) is 0 Å². The first kappa shape index (κ1) is 11.0. The molecule has 0 spiro atoms. The number of hydrogen-bond donors (Lipinski definition) is 1. The molecule has 0 aromatic carbocycles. The first-order valence-electron chi connectivity index (χ1n) is 5.15. The van der Waals surface area contributed by atoms with Crippen LogP contribution in [0.4, 0.5) is 5.82 Å². The molecular formula is C11H19N3. The zero-order chi connectivity index (χ0) is 10.4. The molecule has 3 heteroatoms. The van der Waals surface area contributed by atoms with Gasteiger partial charge < -0.3 is 10.2 Å². The van der Waals surface area contributed by atoms with E-state index in [2.05, 4.69) is 48.2 Å². The third-order valence-corrected chi connectivity index (χ3v) is 2.21. The van der Waals surface area contributed by atoms with E-state index in [0.717, 1.165) is 31.1 Å². The summed E-state index contributed by atoms with van der Waals surface area (Å²) in [5, 5.41) is 3.27. The third-order valence-electron chi connectivity index (χ3n) is 2.21. The van der Waals surface area contributed by atoms with Crippen LogP contribution in [0.2, 0.25) is 0 Å². The number of hydrogen-bond acceptors (Lipinski definition) is 3.